The summed E-state index contributed by atoms with van der Waals surface area (Å²) in [6.45, 7) is 1.10. The first-order valence-corrected chi connectivity index (χ1v) is 10.4. The Morgan fingerprint density at radius 1 is 1.13 bits per heavy atom. The summed E-state index contributed by atoms with van der Waals surface area (Å²) in [6.07, 6.45) is -11.2. The fraction of sp³-hybridized carbons (Fsp3) is 0.588. The Hall–Kier alpha value is -1.50. The maximum absolute atomic E-state index is 12.8. The van der Waals surface area contributed by atoms with Gasteiger partial charge >= 0.3 is 17.4 Å². The van der Waals surface area contributed by atoms with Crippen molar-refractivity contribution < 1.29 is 48.9 Å². The molecule has 0 aromatic heterocycles. The Kier molecular flexibility index (Phi) is 10.7. The smallest absolute Gasteiger partial charge is 0.432 e. The van der Waals surface area contributed by atoms with Crippen molar-refractivity contribution in [2.75, 3.05) is 27.0 Å². The number of hydrogen-bond donors (Lipinski definition) is 0. The van der Waals surface area contributed by atoms with E-state index >= 15 is 0 Å². The van der Waals surface area contributed by atoms with E-state index in [-0.39, 0.29) is 12.3 Å². The molecular weight excluding hydrogens is 461 g/mol. The summed E-state index contributed by atoms with van der Waals surface area (Å²) < 4.78 is 97.1. The molecule has 0 aliphatic rings. The minimum absolute atomic E-state index is 0.151. The van der Waals surface area contributed by atoms with Crippen molar-refractivity contribution in [2.24, 2.45) is 0 Å². The molecule has 1 unspecified atom stereocenters. The number of quaternary nitrogens is 1. The minimum atomic E-state index is -6.66. The standard InChI is InChI=1S/C10H16N.C7H8ClF5O5S/c1-11(2,3)9-10-7-5-4-6-8-10;8-3-1-2-4(14)18-5(6(9,10)11)7(12,13)19(15,16)17/h4-8H,9H2,1-3H3;5H,1-3H2,(H,15,16,17)/q+1;/p-1. The van der Waals surface area contributed by atoms with Gasteiger partial charge in [0.25, 0.3) is 6.10 Å². The predicted octanol–water partition coefficient (Wildman–Crippen LogP) is 3.51. The number of halogens is 6. The third kappa shape index (κ3) is 10.5. The summed E-state index contributed by atoms with van der Waals surface area (Å²) in [7, 11) is -0.0533. The van der Waals surface area contributed by atoms with Gasteiger partial charge in [0, 0.05) is 17.9 Å². The van der Waals surface area contributed by atoms with Crippen molar-refractivity contribution >= 4 is 27.7 Å². The van der Waals surface area contributed by atoms with Crippen LogP contribution in [0.2, 0.25) is 0 Å². The summed E-state index contributed by atoms with van der Waals surface area (Å²) in [5.41, 5.74) is 1.40. The summed E-state index contributed by atoms with van der Waals surface area (Å²) in [4.78, 5) is 10.8. The zero-order valence-corrected chi connectivity index (χ0v) is 18.0. The van der Waals surface area contributed by atoms with Crippen LogP contribution in [0.15, 0.2) is 30.3 Å². The van der Waals surface area contributed by atoms with E-state index in [1.54, 1.807) is 0 Å². The van der Waals surface area contributed by atoms with E-state index < -0.39 is 40.0 Å². The summed E-state index contributed by atoms with van der Waals surface area (Å²) in [6, 6.07) is 10.6. The molecule has 0 aliphatic carbocycles. The topological polar surface area (TPSA) is 83.5 Å². The van der Waals surface area contributed by atoms with Crippen LogP contribution in [0, 0.1) is 0 Å². The maximum Gasteiger partial charge on any atom is 0.432 e. The van der Waals surface area contributed by atoms with Gasteiger partial charge in [-0.05, 0) is 6.42 Å². The highest BCUT2D eigenvalue weighted by molar-refractivity contribution is 7.86. The number of ether oxygens (including phenoxy) is 1. The number of nitrogens with zero attached hydrogens (tertiary/aromatic N) is 1. The van der Waals surface area contributed by atoms with Crippen molar-refractivity contribution in [2.45, 2.75) is 36.9 Å². The zero-order valence-electron chi connectivity index (χ0n) is 16.5. The van der Waals surface area contributed by atoms with Crippen LogP contribution in [-0.4, -0.2) is 68.0 Å². The number of rotatable bonds is 8. The van der Waals surface area contributed by atoms with E-state index in [2.05, 4.69) is 56.2 Å². The number of benzene rings is 1. The number of carbonyl (C=O) groups excluding carboxylic acids is 1. The van der Waals surface area contributed by atoms with Crippen molar-refractivity contribution in [1.82, 2.24) is 0 Å². The normalized spacial score (nSPS) is 13.8. The maximum atomic E-state index is 12.8. The summed E-state index contributed by atoms with van der Waals surface area (Å²) in [5.74, 6) is -1.89. The van der Waals surface area contributed by atoms with Gasteiger partial charge < -0.3 is 13.8 Å². The monoisotopic (exact) mass is 483 g/mol. The molecule has 0 aliphatic heterocycles. The van der Waals surface area contributed by atoms with E-state index in [1.807, 2.05) is 0 Å². The Bertz CT molecular complexity index is 767. The predicted molar refractivity (Wildman–Crippen MR) is 98.7 cm³/mol. The third-order valence-electron chi connectivity index (χ3n) is 3.20. The van der Waals surface area contributed by atoms with Crippen LogP contribution in [0.4, 0.5) is 22.0 Å². The van der Waals surface area contributed by atoms with E-state index in [0.29, 0.717) is 0 Å². The van der Waals surface area contributed by atoms with Crippen LogP contribution in [0.1, 0.15) is 18.4 Å². The van der Waals surface area contributed by atoms with E-state index in [4.69, 9.17) is 11.6 Å². The molecule has 6 nitrogen and oxygen atoms in total. The lowest BCUT2D eigenvalue weighted by molar-refractivity contribution is -0.884. The Balaban J connectivity index is 0.000000642. The van der Waals surface area contributed by atoms with Gasteiger partial charge in [-0.15, -0.1) is 11.6 Å². The van der Waals surface area contributed by atoms with Gasteiger partial charge in [-0.3, -0.25) is 4.79 Å². The molecule has 0 bridgehead atoms. The molecule has 0 fully saturated rings. The Labute approximate surface area is 176 Å². The molecule has 0 amide bonds. The highest BCUT2D eigenvalue weighted by Gasteiger charge is 2.62. The Morgan fingerprint density at radius 2 is 1.63 bits per heavy atom. The minimum Gasteiger partial charge on any atom is -0.743 e. The number of esters is 1. The van der Waals surface area contributed by atoms with Crippen molar-refractivity contribution in [1.29, 1.82) is 0 Å². The molecule has 0 N–H and O–H groups in total. The molecule has 1 atom stereocenters. The van der Waals surface area contributed by atoms with Gasteiger partial charge in [0.1, 0.15) is 6.54 Å². The molecule has 0 heterocycles. The molecule has 13 heteroatoms. The first-order chi connectivity index (χ1) is 13.4. The zero-order chi connectivity index (χ0) is 23.8. The second-order valence-electron chi connectivity index (χ2n) is 7.15. The number of carbonyl (C=O) groups is 1. The van der Waals surface area contributed by atoms with E-state index in [9.17, 15) is 39.7 Å². The third-order valence-corrected chi connectivity index (χ3v) is 4.35. The van der Waals surface area contributed by atoms with Gasteiger partial charge in [-0.2, -0.15) is 22.0 Å². The molecule has 0 radical (unpaired) electrons. The van der Waals surface area contributed by atoms with Crippen LogP contribution in [-0.2, 0) is 26.2 Å². The largest absolute Gasteiger partial charge is 0.743 e. The highest BCUT2D eigenvalue weighted by atomic mass is 35.5. The molecule has 174 valence electrons. The van der Waals surface area contributed by atoms with Crippen LogP contribution in [0.5, 0.6) is 0 Å². The lowest BCUT2D eigenvalue weighted by atomic mass is 10.2. The molecule has 0 spiro atoms. The molecule has 0 saturated carbocycles. The van der Waals surface area contributed by atoms with Crippen LogP contribution < -0.4 is 0 Å². The van der Waals surface area contributed by atoms with Crippen LogP contribution in [0.3, 0.4) is 0 Å². The molecule has 30 heavy (non-hydrogen) atoms. The molecular formula is C17H23ClF5NO5S. The fourth-order valence-electron chi connectivity index (χ4n) is 1.99. The lowest BCUT2D eigenvalue weighted by Gasteiger charge is -2.29. The van der Waals surface area contributed by atoms with E-state index in [1.165, 1.54) is 5.56 Å². The van der Waals surface area contributed by atoms with Crippen molar-refractivity contribution in [3.05, 3.63) is 35.9 Å². The number of hydrogen-bond acceptors (Lipinski definition) is 5. The van der Waals surface area contributed by atoms with Crippen molar-refractivity contribution in [3.63, 3.8) is 0 Å². The average Bonchev–Trinajstić information content (AvgIpc) is 2.55. The van der Waals surface area contributed by atoms with Gasteiger partial charge in [0.2, 0.25) is 0 Å². The van der Waals surface area contributed by atoms with Crippen LogP contribution >= 0.6 is 11.6 Å². The van der Waals surface area contributed by atoms with Crippen LogP contribution in [0.25, 0.3) is 0 Å². The average molecular weight is 484 g/mol. The van der Waals surface area contributed by atoms with Gasteiger partial charge in [0.15, 0.2) is 10.1 Å². The second-order valence-corrected chi connectivity index (χ2v) is 8.98. The summed E-state index contributed by atoms with van der Waals surface area (Å²) >= 11 is 5.11. The van der Waals surface area contributed by atoms with Gasteiger partial charge in [-0.1, -0.05) is 30.3 Å². The van der Waals surface area contributed by atoms with Crippen molar-refractivity contribution in [3.8, 4) is 0 Å². The molecule has 1 aromatic rings. The first kappa shape index (κ1) is 28.5. The first-order valence-electron chi connectivity index (χ1n) is 8.41. The molecule has 0 saturated heterocycles. The van der Waals surface area contributed by atoms with Gasteiger partial charge in [-0.25, -0.2) is 8.42 Å². The SMILES string of the molecule is C[N+](C)(C)Cc1ccccc1.O=C(CCCCl)OC(C(F)(F)F)C(F)(F)S(=O)(=O)[O-]. The molecule has 1 rings (SSSR count). The highest BCUT2D eigenvalue weighted by Crippen LogP contribution is 2.38. The van der Waals surface area contributed by atoms with E-state index in [0.717, 1.165) is 11.0 Å². The number of alkyl halides is 6. The van der Waals surface area contributed by atoms with Gasteiger partial charge in [0.05, 0.1) is 21.1 Å². The summed E-state index contributed by atoms with van der Waals surface area (Å²) in [5, 5.41) is -5.82. The quantitative estimate of drug-likeness (QED) is 0.186. The fourth-order valence-corrected chi connectivity index (χ4v) is 2.57. The second kappa shape index (κ2) is 11.2. The molecule has 1 aromatic carbocycles. The Morgan fingerprint density at radius 3 is 2.00 bits per heavy atom. The lowest BCUT2D eigenvalue weighted by Crippen LogP contribution is -2.52.